The standard InChI is InChI=1S/C56H37N/c1-2-15-40(16-3-1)55-52-24-12-9-21-49(52)50-22-10-13-25-53(50)56(55)41-30-34-46(35-31-41)57(54-37-44-18-6-7-19-47(44)48-20-8-11-23-51(48)54)45-32-28-39(29-33-45)43-27-26-38-14-4-5-17-42(38)36-43/h1-37H/i28D,29D,30D,31D,32D,33D,34D,35D. The highest BCUT2D eigenvalue weighted by atomic mass is 15.1. The van der Waals surface area contributed by atoms with E-state index in [1.807, 2.05) is 164 Å². The SMILES string of the molecule is [2H]c1c([2H])c(N(c2c([2H])c([2H])c(-c3c(-c4ccccc4)c4ccccc4c4ccccc34)c([2H])c2[2H])c2cc3ccccc3c3ccccc23)c([2H])c([2H])c1-c1ccc2ccccc2c1. The number of rotatable bonds is 6. The fourth-order valence-corrected chi connectivity index (χ4v) is 8.33. The van der Waals surface area contributed by atoms with Gasteiger partial charge in [0, 0.05) is 16.8 Å². The molecule has 1 heteroatoms. The average molecular weight is 732 g/mol. The van der Waals surface area contributed by atoms with Crippen LogP contribution in [0.2, 0.25) is 0 Å². The Morgan fingerprint density at radius 2 is 0.737 bits per heavy atom. The van der Waals surface area contributed by atoms with E-state index in [1.165, 1.54) is 4.90 Å². The van der Waals surface area contributed by atoms with Crippen molar-refractivity contribution >= 4 is 70.9 Å². The van der Waals surface area contributed by atoms with Gasteiger partial charge in [-0.3, -0.25) is 0 Å². The number of nitrogens with zero attached hydrogens (tertiary/aromatic N) is 1. The predicted molar refractivity (Wildman–Crippen MR) is 245 cm³/mol. The van der Waals surface area contributed by atoms with Gasteiger partial charge in [-0.2, -0.15) is 0 Å². The minimum absolute atomic E-state index is 0.110. The molecule has 1 nitrogen and oxygen atoms in total. The number of hydrogen-bond acceptors (Lipinski definition) is 1. The van der Waals surface area contributed by atoms with Gasteiger partial charge in [0.1, 0.15) is 0 Å². The van der Waals surface area contributed by atoms with E-state index in [2.05, 4.69) is 6.07 Å². The predicted octanol–water partition coefficient (Wildman–Crippen LogP) is 15.9. The van der Waals surface area contributed by atoms with E-state index >= 15 is 0 Å². The molecule has 0 saturated heterocycles. The van der Waals surface area contributed by atoms with E-state index in [4.69, 9.17) is 0 Å². The molecule has 0 spiro atoms. The Kier molecular flexibility index (Phi) is 6.13. The largest absolute Gasteiger partial charge is 0.310 e. The smallest absolute Gasteiger partial charge is 0.0645 e. The van der Waals surface area contributed by atoms with Crippen LogP contribution in [0.25, 0.3) is 87.2 Å². The molecule has 0 aliphatic carbocycles. The van der Waals surface area contributed by atoms with E-state index in [1.54, 1.807) is 6.07 Å². The van der Waals surface area contributed by atoms with Crippen molar-refractivity contribution in [1.29, 1.82) is 0 Å². The summed E-state index contributed by atoms with van der Waals surface area (Å²) in [5, 5.41) is 8.63. The molecular formula is C56H37N. The highest BCUT2D eigenvalue weighted by Gasteiger charge is 2.20. The second kappa shape index (κ2) is 13.7. The second-order valence-corrected chi connectivity index (χ2v) is 14.2. The molecule has 0 unspecified atom stereocenters. The van der Waals surface area contributed by atoms with Gasteiger partial charge in [0.15, 0.2) is 0 Å². The van der Waals surface area contributed by atoms with Crippen LogP contribution in [0.1, 0.15) is 11.0 Å². The highest BCUT2D eigenvalue weighted by Crippen LogP contribution is 2.47. The Morgan fingerprint density at radius 1 is 0.281 bits per heavy atom. The second-order valence-electron chi connectivity index (χ2n) is 14.2. The van der Waals surface area contributed by atoms with E-state index in [0.717, 1.165) is 59.6 Å². The summed E-state index contributed by atoms with van der Waals surface area (Å²) >= 11 is 0. The zero-order valence-corrected chi connectivity index (χ0v) is 30.7. The lowest BCUT2D eigenvalue weighted by Crippen LogP contribution is -2.10. The molecule has 0 heterocycles. The first kappa shape index (κ1) is 25.6. The van der Waals surface area contributed by atoms with Crippen LogP contribution < -0.4 is 4.90 Å². The summed E-state index contributed by atoms with van der Waals surface area (Å²) in [6, 6.07) is 53.4. The first-order valence-corrected chi connectivity index (χ1v) is 19.0. The third-order valence-corrected chi connectivity index (χ3v) is 10.9. The average Bonchev–Trinajstić information content (AvgIpc) is 3.35. The molecule has 0 aromatic heterocycles. The topological polar surface area (TPSA) is 3.24 Å². The van der Waals surface area contributed by atoms with Crippen molar-refractivity contribution in [3.05, 3.63) is 224 Å². The van der Waals surface area contributed by atoms with Crippen molar-refractivity contribution < 1.29 is 11.0 Å². The van der Waals surface area contributed by atoms with Gasteiger partial charge in [0.2, 0.25) is 0 Å². The van der Waals surface area contributed by atoms with Crippen molar-refractivity contribution in [2.24, 2.45) is 0 Å². The van der Waals surface area contributed by atoms with Gasteiger partial charge < -0.3 is 4.90 Å². The molecule has 11 rings (SSSR count). The zero-order chi connectivity index (χ0) is 44.7. The molecule has 0 amide bonds. The Balaban J connectivity index is 1.25. The van der Waals surface area contributed by atoms with Crippen LogP contribution in [-0.4, -0.2) is 0 Å². The minimum Gasteiger partial charge on any atom is -0.310 e. The summed E-state index contributed by atoms with van der Waals surface area (Å²) in [5.41, 5.74) is 2.91. The van der Waals surface area contributed by atoms with Gasteiger partial charge in [-0.15, -0.1) is 0 Å². The molecule has 57 heavy (non-hydrogen) atoms. The van der Waals surface area contributed by atoms with Crippen molar-refractivity contribution in [3.63, 3.8) is 0 Å². The van der Waals surface area contributed by atoms with Crippen molar-refractivity contribution in [2.45, 2.75) is 0 Å². The summed E-state index contributed by atoms with van der Waals surface area (Å²) in [4.78, 5) is 1.43. The van der Waals surface area contributed by atoms with Crippen LogP contribution in [0.3, 0.4) is 0 Å². The van der Waals surface area contributed by atoms with Crippen molar-refractivity contribution in [1.82, 2.24) is 0 Å². The summed E-state index contributed by atoms with van der Waals surface area (Å²) in [6.07, 6.45) is 0. The van der Waals surface area contributed by atoms with E-state index < -0.39 is 12.1 Å². The normalized spacial score (nSPS) is 13.5. The van der Waals surface area contributed by atoms with E-state index in [-0.39, 0.29) is 58.8 Å². The van der Waals surface area contributed by atoms with Crippen LogP contribution >= 0.6 is 0 Å². The lowest BCUT2D eigenvalue weighted by Gasteiger charge is -2.28. The molecular weight excluding hydrogens is 687 g/mol. The third kappa shape index (κ3) is 5.63. The molecule has 11 aromatic rings. The lowest BCUT2D eigenvalue weighted by molar-refractivity contribution is 1.30. The molecule has 0 atom stereocenters. The van der Waals surface area contributed by atoms with Gasteiger partial charge in [-0.1, -0.05) is 188 Å². The summed E-state index contributed by atoms with van der Waals surface area (Å²) in [7, 11) is 0. The quantitative estimate of drug-likeness (QED) is 0.154. The Morgan fingerprint density at radius 3 is 1.37 bits per heavy atom. The van der Waals surface area contributed by atoms with Crippen molar-refractivity contribution in [2.75, 3.05) is 4.90 Å². The number of hydrogen-bond donors (Lipinski definition) is 0. The number of benzene rings is 11. The van der Waals surface area contributed by atoms with Gasteiger partial charge in [0.25, 0.3) is 0 Å². The van der Waals surface area contributed by atoms with Crippen LogP contribution in [0.4, 0.5) is 17.1 Å². The fraction of sp³-hybridized carbons (Fsp3) is 0. The summed E-state index contributed by atoms with van der Waals surface area (Å²) < 4.78 is 78.6. The van der Waals surface area contributed by atoms with Gasteiger partial charge in [0.05, 0.1) is 16.7 Å². The monoisotopic (exact) mass is 731 g/mol. The molecule has 0 fully saturated rings. The lowest BCUT2D eigenvalue weighted by atomic mass is 9.85. The maximum atomic E-state index is 10.0. The summed E-state index contributed by atoms with van der Waals surface area (Å²) in [6.45, 7) is 0. The number of anilines is 3. The molecule has 0 saturated carbocycles. The van der Waals surface area contributed by atoms with Crippen LogP contribution in [0, 0.1) is 0 Å². The van der Waals surface area contributed by atoms with E-state index in [0.29, 0.717) is 22.2 Å². The molecule has 0 aliphatic rings. The van der Waals surface area contributed by atoms with Gasteiger partial charge in [-0.25, -0.2) is 0 Å². The van der Waals surface area contributed by atoms with Crippen molar-refractivity contribution in [3.8, 4) is 33.4 Å². The van der Waals surface area contributed by atoms with Gasteiger partial charge >= 0.3 is 0 Å². The van der Waals surface area contributed by atoms with E-state index in [9.17, 15) is 11.0 Å². The molecule has 0 N–H and O–H groups in total. The highest BCUT2D eigenvalue weighted by molar-refractivity contribution is 6.21. The zero-order valence-electron chi connectivity index (χ0n) is 38.7. The fourth-order valence-electron chi connectivity index (χ4n) is 8.33. The molecule has 0 radical (unpaired) electrons. The maximum absolute atomic E-state index is 10.0. The van der Waals surface area contributed by atoms with Crippen LogP contribution in [0.5, 0.6) is 0 Å². The number of fused-ring (bicyclic) bond motifs is 7. The summed E-state index contributed by atoms with van der Waals surface area (Å²) in [5.74, 6) is 0. The van der Waals surface area contributed by atoms with Crippen LogP contribution in [0.15, 0.2) is 224 Å². The first-order chi connectivity index (χ1) is 31.6. The Labute approximate surface area is 343 Å². The molecule has 266 valence electrons. The third-order valence-electron chi connectivity index (χ3n) is 10.9. The first-order valence-electron chi connectivity index (χ1n) is 23.0. The Bertz CT molecular complexity index is 3710. The van der Waals surface area contributed by atoms with Gasteiger partial charge in [-0.05, 0) is 118 Å². The molecule has 0 aliphatic heterocycles. The Hall–Kier alpha value is -7.48. The maximum Gasteiger partial charge on any atom is 0.0645 e. The van der Waals surface area contributed by atoms with Crippen LogP contribution in [-0.2, 0) is 0 Å². The molecule has 11 aromatic carbocycles. The minimum atomic E-state index is -0.398. The molecule has 0 bridgehead atoms.